The van der Waals surface area contributed by atoms with Crippen LogP contribution in [0.5, 0.6) is 0 Å². The molecule has 4 heteroatoms. The predicted molar refractivity (Wildman–Crippen MR) is 62.9 cm³/mol. The van der Waals surface area contributed by atoms with Gasteiger partial charge in [-0.05, 0) is 24.1 Å². The Morgan fingerprint density at radius 1 is 1.50 bits per heavy atom. The van der Waals surface area contributed by atoms with Gasteiger partial charge in [-0.15, -0.1) is 0 Å². The highest BCUT2D eigenvalue weighted by molar-refractivity contribution is 6.30. The van der Waals surface area contributed by atoms with Crippen LogP contribution in [-0.2, 0) is 4.79 Å². The third kappa shape index (κ3) is 3.92. The summed E-state index contributed by atoms with van der Waals surface area (Å²) in [6.45, 7) is 1.47. The van der Waals surface area contributed by atoms with E-state index in [1.807, 2.05) is 12.1 Å². The number of carbonyl (C=O) groups is 1. The number of nitriles is 1. The van der Waals surface area contributed by atoms with Gasteiger partial charge in [-0.1, -0.05) is 23.7 Å². The molecular formula is C12H13ClN2O. The van der Waals surface area contributed by atoms with Crippen LogP contribution in [0.1, 0.15) is 31.4 Å². The highest BCUT2D eigenvalue weighted by Gasteiger charge is 2.11. The quantitative estimate of drug-likeness (QED) is 0.874. The van der Waals surface area contributed by atoms with Crippen LogP contribution in [-0.4, -0.2) is 5.91 Å². The maximum Gasteiger partial charge on any atom is 0.217 e. The Labute approximate surface area is 100 Å². The van der Waals surface area contributed by atoms with E-state index in [-0.39, 0.29) is 11.9 Å². The zero-order chi connectivity index (χ0) is 12.0. The zero-order valence-electron chi connectivity index (χ0n) is 9.03. The lowest BCUT2D eigenvalue weighted by Crippen LogP contribution is -2.25. The Morgan fingerprint density at radius 3 is 2.62 bits per heavy atom. The minimum atomic E-state index is -0.116. The first-order valence-corrected chi connectivity index (χ1v) is 5.41. The van der Waals surface area contributed by atoms with Crippen LogP contribution in [0.4, 0.5) is 0 Å². The van der Waals surface area contributed by atoms with Crippen LogP contribution in [0, 0.1) is 11.3 Å². The van der Waals surface area contributed by atoms with E-state index in [0.717, 1.165) is 5.56 Å². The first kappa shape index (κ1) is 12.5. The van der Waals surface area contributed by atoms with E-state index >= 15 is 0 Å². The average Bonchev–Trinajstić information content (AvgIpc) is 2.25. The average molecular weight is 237 g/mol. The van der Waals surface area contributed by atoms with Crippen LogP contribution >= 0.6 is 11.6 Å². The predicted octanol–water partition coefficient (Wildman–Crippen LogP) is 2.82. The minimum Gasteiger partial charge on any atom is -0.350 e. The SMILES string of the molecule is CC(=O)NC(CCC#N)c1ccc(Cl)cc1. The Hall–Kier alpha value is -1.53. The molecule has 1 N–H and O–H groups in total. The summed E-state index contributed by atoms with van der Waals surface area (Å²) >= 11 is 5.79. The molecule has 0 spiro atoms. The molecule has 0 fully saturated rings. The van der Waals surface area contributed by atoms with Gasteiger partial charge >= 0.3 is 0 Å². The molecule has 84 valence electrons. The number of benzene rings is 1. The third-order valence-corrected chi connectivity index (χ3v) is 2.45. The van der Waals surface area contributed by atoms with Crippen molar-refractivity contribution in [2.24, 2.45) is 0 Å². The zero-order valence-corrected chi connectivity index (χ0v) is 9.79. The normalized spacial score (nSPS) is 11.6. The molecule has 0 aliphatic carbocycles. The van der Waals surface area contributed by atoms with Crippen LogP contribution < -0.4 is 5.32 Å². The van der Waals surface area contributed by atoms with Crippen molar-refractivity contribution in [3.63, 3.8) is 0 Å². The minimum absolute atomic E-state index is 0.0992. The number of nitrogens with one attached hydrogen (secondary N) is 1. The summed E-state index contributed by atoms with van der Waals surface area (Å²) in [6, 6.07) is 9.23. The molecule has 1 atom stereocenters. The molecular weight excluding hydrogens is 224 g/mol. The van der Waals surface area contributed by atoms with Gasteiger partial charge in [-0.25, -0.2) is 0 Å². The van der Waals surface area contributed by atoms with E-state index in [4.69, 9.17) is 16.9 Å². The van der Waals surface area contributed by atoms with Crippen molar-refractivity contribution in [3.8, 4) is 6.07 Å². The smallest absolute Gasteiger partial charge is 0.217 e. The van der Waals surface area contributed by atoms with Crippen molar-refractivity contribution < 1.29 is 4.79 Å². The van der Waals surface area contributed by atoms with E-state index in [2.05, 4.69) is 11.4 Å². The van der Waals surface area contributed by atoms with Crippen LogP contribution in [0.15, 0.2) is 24.3 Å². The molecule has 1 amide bonds. The van der Waals surface area contributed by atoms with Crippen molar-refractivity contribution in [2.45, 2.75) is 25.8 Å². The molecule has 0 bridgehead atoms. The van der Waals surface area contributed by atoms with E-state index in [9.17, 15) is 4.79 Å². The molecule has 16 heavy (non-hydrogen) atoms. The highest BCUT2D eigenvalue weighted by atomic mass is 35.5. The van der Waals surface area contributed by atoms with E-state index in [1.54, 1.807) is 12.1 Å². The Balaban J connectivity index is 2.79. The molecule has 1 rings (SSSR count). The summed E-state index contributed by atoms with van der Waals surface area (Å²) in [6.07, 6.45) is 1.02. The van der Waals surface area contributed by atoms with Gasteiger partial charge in [0.25, 0.3) is 0 Å². The molecule has 0 aliphatic heterocycles. The largest absolute Gasteiger partial charge is 0.350 e. The second-order valence-corrected chi connectivity index (χ2v) is 3.94. The third-order valence-electron chi connectivity index (χ3n) is 2.19. The summed E-state index contributed by atoms with van der Waals surface area (Å²) in [7, 11) is 0. The molecule has 0 saturated heterocycles. The topological polar surface area (TPSA) is 52.9 Å². The Kier molecular flexibility index (Phi) is 4.81. The molecule has 0 saturated carbocycles. The first-order valence-electron chi connectivity index (χ1n) is 5.03. The summed E-state index contributed by atoms with van der Waals surface area (Å²) in [4.78, 5) is 11.0. The number of nitrogens with zero attached hydrogens (tertiary/aromatic N) is 1. The van der Waals surface area contributed by atoms with Gasteiger partial charge in [0.1, 0.15) is 0 Å². The van der Waals surface area contributed by atoms with Gasteiger partial charge < -0.3 is 5.32 Å². The van der Waals surface area contributed by atoms with Crippen LogP contribution in [0.3, 0.4) is 0 Å². The van der Waals surface area contributed by atoms with Gasteiger partial charge in [0.05, 0.1) is 12.1 Å². The Bertz CT molecular complexity index is 394. The van der Waals surface area contributed by atoms with E-state index in [1.165, 1.54) is 6.92 Å². The number of rotatable bonds is 4. The fourth-order valence-electron chi connectivity index (χ4n) is 1.47. The molecule has 3 nitrogen and oxygen atoms in total. The lowest BCUT2D eigenvalue weighted by molar-refractivity contribution is -0.119. The number of hydrogen-bond donors (Lipinski definition) is 1. The van der Waals surface area contributed by atoms with E-state index < -0.39 is 0 Å². The molecule has 0 radical (unpaired) electrons. The first-order chi connectivity index (χ1) is 7.63. The van der Waals surface area contributed by atoms with Crippen LogP contribution in [0.25, 0.3) is 0 Å². The van der Waals surface area contributed by atoms with Crippen molar-refractivity contribution >= 4 is 17.5 Å². The number of halogens is 1. The summed E-state index contributed by atoms with van der Waals surface area (Å²) < 4.78 is 0. The monoisotopic (exact) mass is 236 g/mol. The van der Waals surface area contributed by atoms with Crippen molar-refractivity contribution in [1.82, 2.24) is 5.32 Å². The van der Waals surface area contributed by atoms with Gasteiger partial charge in [0, 0.05) is 18.4 Å². The van der Waals surface area contributed by atoms with Gasteiger partial charge in [-0.2, -0.15) is 5.26 Å². The van der Waals surface area contributed by atoms with Gasteiger partial charge in [0.2, 0.25) is 5.91 Å². The van der Waals surface area contributed by atoms with Crippen LogP contribution in [0.2, 0.25) is 5.02 Å². The maximum absolute atomic E-state index is 11.0. The van der Waals surface area contributed by atoms with E-state index in [0.29, 0.717) is 17.9 Å². The number of hydrogen-bond acceptors (Lipinski definition) is 2. The fraction of sp³-hybridized carbons (Fsp3) is 0.333. The summed E-state index contributed by atoms with van der Waals surface area (Å²) in [5.74, 6) is -0.0992. The molecule has 1 unspecified atom stereocenters. The maximum atomic E-state index is 11.0. The molecule has 0 aromatic heterocycles. The second kappa shape index (κ2) is 6.14. The number of carbonyl (C=O) groups excluding carboxylic acids is 1. The summed E-state index contributed by atoms with van der Waals surface area (Å²) in [5, 5.41) is 12.0. The summed E-state index contributed by atoms with van der Waals surface area (Å²) in [5.41, 5.74) is 0.967. The molecule has 1 aromatic rings. The lowest BCUT2D eigenvalue weighted by atomic mass is 10.0. The molecule has 1 aromatic carbocycles. The molecule has 0 aliphatic rings. The number of amides is 1. The molecule has 0 heterocycles. The van der Waals surface area contributed by atoms with Gasteiger partial charge in [0.15, 0.2) is 0 Å². The lowest BCUT2D eigenvalue weighted by Gasteiger charge is -2.16. The van der Waals surface area contributed by atoms with Crippen molar-refractivity contribution in [2.75, 3.05) is 0 Å². The van der Waals surface area contributed by atoms with Crippen molar-refractivity contribution in [3.05, 3.63) is 34.9 Å². The Morgan fingerprint density at radius 2 is 2.12 bits per heavy atom. The second-order valence-electron chi connectivity index (χ2n) is 3.50. The fourth-order valence-corrected chi connectivity index (χ4v) is 1.60. The van der Waals surface area contributed by atoms with Crippen molar-refractivity contribution in [1.29, 1.82) is 5.26 Å². The van der Waals surface area contributed by atoms with Gasteiger partial charge in [-0.3, -0.25) is 4.79 Å². The highest BCUT2D eigenvalue weighted by Crippen LogP contribution is 2.20. The standard InChI is InChI=1S/C12H13ClN2O/c1-9(16)15-12(3-2-8-14)10-4-6-11(13)7-5-10/h4-7,12H,2-3H2,1H3,(H,15,16).